The molecule has 0 aliphatic heterocycles. The molecule has 0 spiro atoms. The maximum atomic E-state index is 9.22. The van der Waals surface area contributed by atoms with Crippen molar-refractivity contribution in [3.63, 3.8) is 0 Å². The molecule has 0 radical (unpaired) electrons. The lowest BCUT2D eigenvalue weighted by Crippen LogP contribution is -1.85. The summed E-state index contributed by atoms with van der Waals surface area (Å²) >= 11 is 0. The maximum absolute atomic E-state index is 9.22. The fourth-order valence-corrected chi connectivity index (χ4v) is 1.88. The number of aryl methyl sites for hydroxylation is 2. The van der Waals surface area contributed by atoms with Crippen LogP contribution in [0.1, 0.15) is 53.6 Å². The van der Waals surface area contributed by atoms with E-state index < -0.39 is 0 Å². The summed E-state index contributed by atoms with van der Waals surface area (Å²) in [5.74, 6) is 0.784. The van der Waals surface area contributed by atoms with Gasteiger partial charge in [0.25, 0.3) is 0 Å². The Kier molecular flexibility index (Phi) is 9.09. The molecular weight excluding hydrogens is 284 g/mol. The fourth-order valence-electron chi connectivity index (χ4n) is 1.88. The van der Waals surface area contributed by atoms with E-state index in [-0.39, 0.29) is 0 Å². The Labute approximate surface area is 141 Å². The van der Waals surface area contributed by atoms with E-state index in [1.165, 1.54) is 28.7 Å². The van der Waals surface area contributed by atoms with Gasteiger partial charge in [0.2, 0.25) is 0 Å². The number of hydrogen-bond donors (Lipinski definition) is 2. The molecule has 2 rings (SSSR count). The average Bonchev–Trinajstić information content (AvgIpc) is 2.52. The second-order valence-corrected chi connectivity index (χ2v) is 6.01. The Hall–Kier alpha value is -1.96. The summed E-state index contributed by atoms with van der Waals surface area (Å²) in [4.78, 5) is 0. The summed E-state index contributed by atoms with van der Waals surface area (Å²) in [6.45, 7) is 16.2. The summed E-state index contributed by atoms with van der Waals surface area (Å²) < 4.78 is 0. The molecule has 0 aliphatic rings. The van der Waals surface area contributed by atoms with E-state index in [1.54, 1.807) is 12.1 Å². The van der Waals surface area contributed by atoms with Gasteiger partial charge in [0.1, 0.15) is 11.5 Å². The summed E-state index contributed by atoms with van der Waals surface area (Å²) in [5.41, 5.74) is 6.80. The first-order valence-corrected chi connectivity index (χ1v) is 8.18. The Bertz CT molecular complexity index is 519. The van der Waals surface area contributed by atoms with Gasteiger partial charge in [-0.25, -0.2) is 0 Å². The molecular formula is C21H32O2. The van der Waals surface area contributed by atoms with Gasteiger partial charge in [-0.1, -0.05) is 32.4 Å². The third-order valence-electron chi connectivity index (χ3n) is 4.06. The number of phenolic OH excluding ortho intramolecular Hbond substituents is 2. The molecule has 23 heavy (non-hydrogen) atoms. The fraction of sp³-hybridized carbons (Fsp3) is 0.429. The van der Waals surface area contributed by atoms with Crippen LogP contribution in [0.5, 0.6) is 11.5 Å². The molecule has 0 bridgehead atoms. The highest BCUT2D eigenvalue weighted by Gasteiger charge is 2.00. The van der Waals surface area contributed by atoms with Crippen LogP contribution < -0.4 is 0 Å². The largest absolute Gasteiger partial charge is 0.508 e. The van der Waals surface area contributed by atoms with Crippen LogP contribution in [0.4, 0.5) is 0 Å². The zero-order chi connectivity index (χ0) is 18.2. The van der Waals surface area contributed by atoms with Crippen LogP contribution in [0.3, 0.4) is 0 Å². The molecule has 128 valence electrons. The number of hydrogen-bond acceptors (Lipinski definition) is 2. The van der Waals surface area contributed by atoms with E-state index >= 15 is 0 Å². The first kappa shape index (κ1) is 21.0. The highest BCUT2D eigenvalue weighted by Crippen LogP contribution is 2.22. The Morgan fingerprint density at radius 2 is 0.826 bits per heavy atom. The van der Waals surface area contributed by atoms with E-state index in [2.05, 4.69) is 13.8 Å². The van der Waals surface area contributed by atoms with Crippen LogP contribution in [0, 0.1) is 41.5 Å². The maximum Gasteiger partial charge on any atom is 0.118 e. The second kappa shape index (κ2) is 9.94. The van der Waals surface area contributed by atoms with Gasteiger partial charge in [0.15, 0.2) is 0 Å². The lowest BCUT2D eigenvalue weighted by molar-refractivity contribution is 0.470. The van der Waals surface area contributed by atoms with Crippen molar-refractivity contribution in [3.05, 3.63) is 57.6 Å². The predicted octanol–water partition coefficient (Wildman–Crippen LogP) is 6.05. The smallest absolute Gasteiger partial charge is 0.118 e. The van der Waals surface area contributed by atoms with Gasteiger partial charge in [-0.3, -0.25) is 0 Å². The molecule has 0 heterocycles. The lowest BCUT2D eigenvalue weighted by Gasteiger charge is -2.04. The van der Waals surface area contributed by atoms with E-state index in [0.717, 1.165) is 11.1 Å². The van der Waals surface area contributed by atoms with E-state index in [9.17, 15) is 10.2 Å². The quantitative estimate of drug-likeness (QED) is 0.621. The lowest BCUT2D eigenvalue weighted by atomic mass is 10.0. The molecule has 0 atom stereocenters. The molecule has 0 saturated heterocycles. The summed E-state index contributed by atoms with van der Waals surface area (Å²) in [7, 11) is 0. The van der Waals surface area contributed by atoms with Crippen molar-refractivity contribution in [3.8, 4) is 11.5 Å². The van der Waals surface area contributed by atoms with Gasteiger partial charge in [-0.15, -0.1) is 0 Å². The summed E-state index contributed by atoms with van der Waals surface area (Å²) in [6.07, 6.45) is 1.25. The van der Waals surface area contributed by atoms with Gasteiger partial charge in [-0.05, 0) is 87.1 Å². The van der Waals surface area contributed by atoms with Crippen LogP contribution in [0.2, 0.25) is 0 Å². The van der Waals surface area contributed by atoms with E-state index in [0.29, 0.717) is 11.5 Å². The average molecular weight is 316 g/mol. The summed E-state index contributed by atoms with van der Waals surface area (Å²) in [5, 5.41) is 18.4. The second-order valence-electron chi connectivity index (χ2n) is 6.01. The van der Waals surface area contributed by atoms with Gasteiger partial charge >= 0.3 is 0 Å². The molecule has 2 aromatic rings. The van der Waals surface area contributed by atoms with Gasteiger partial charge in [0, 0.05) is 0 Å². The number of aromatic hydroxyl groups is 2. The van der Waals surface area contributed by atoms with Crippen LogP contribution in [0.15, 0.2) is 24.3 Å². The van der Waals surface area contributed by atoms with Crippen LogP contribution in [0.25, 0.3) is 0 Å². The zero-order valence-electron chi connectivity index (χ0n) is 15.9. The highest BCUT2D eigenvalue weighted by molar-refractivity contribution is 5.42. The molecule has 0 amide bonds. The third kappa shape index (κ3) is 6.35. The first-order chi connectivity index (χ1) is 10.7. The minimum absolute atomic E-state index is 0.392. The van der Waals surface area contributed by atoms with Crippen molar-refractivity contribution < 1.29 is 10.2 Å². The standard InChI is InChI=1S/2C9H12O.C3H8/c2*1-6-4-5-9(10)8(3)7(6)2;1-3-2/h2*4-5,10H,1-3H3;3H2,1-2H3. The Balaban J connectivity index is 0.000000360. The van der Waals surface area contributed by atoms with Crippen LogP contribution >= 0.6 is 0 Å². The molecule has 0 fully saturated rings. The molecule has 0 aromatic heterocycles. The monoisotopic (exact) mass is 316 g/mol. The van der Waals surface area contributed by atoms with E-state index in [1.807, 2.05) is 53.7 Å². The van der Waals surface area contributed by atoms with Crippen molar-refractivity contribution in [2.75, 3.05) is 0 Å². The first-order valence-electron chi connectivity index (χ1n) is 8.18. The van der Waals surface area contributed by atoms with Gasteiger partial charge in [-0.2, -0.15) is 0 Å². The van der Waals surface area contributed by atoms with Gasteiger partial charge in [0.05, 0.1) is 0 Å². The number of benzene rings is 2. The zero-order valence-corrected chi connectivity index (χ0v) is 15.9. The molecule has 0 aliphatic carbocycles. The van der Waals surface area contributed by atoms with Crippen molar-refractivity contribution in [2.24, 2.45) is 0 Å². The summed E-state index contributed by atoms with van der Waals surface area (Å²) in [6, 6.07) is 7.32. The topological polar surface area (TPSA) is 40.5 Å². The van der Waals surface area contributed by atoms with E-state index in [4.69, 9.17) is 0 Å². The molecule has 0 saturated carbocycles. The molecule has 2 heteroatoms. The molecule has 2 nitrogen and oxygen atoms in total. The number of phenols is 2. The Morgan fingerprint density at radius 3 is 1.04 bits per heavy atom. The molecule has 2 aromatic carbocycles. The van der Waals surface area contributed by atoms with Gasteiger partial charge < -0.3 is 10.2 Å². The molecule has 0 unspecified atom stereocenters. The van der Waals surface area contributed by atoms with Crippen molar-refractivity contribution >= 4 is 0 Å². The van der Waals surface area contributed by atoms with Crippen LogP contribution in [-0.4, -0.2) is 10.2 Å². The predicted molar refractivity (Wildman–Crippen MR) is 101 cm³/mol. The minimum atomic E-state index is 0.392. The Morgan fingerprint density at radius 1 is 0.565 bits per heavy atom. The van der Waals surface area contributed by atoms with Crippen molar-refractivity contribution in [1.29, 1.82) is 0 Å². The highest BCUT2D eigenvalue weighted by atomic mass is 16.3. The normalized spacial score (nSPS) is 9.39. The van der Waals surface area contributed by atoms with Crippen molar-refractivity contribution in [1.82, 2.24) is 0 Å². The minimum Gasteiger partial charge on any atom is -0.508 e. The number of rotatable bonds is 0. The third-order valence-corrected chi connectivity index (χ3v) is 4.06. The molecule has 2 N–H and O–H groups in total. The van der Waals surface area contributed by atoms with Crippen LogP contribution in [-0.2, 0) is 0 Å². The SMILES string of the molecule is CCC.Cc1ccc(O)c(C)c1C.Cc1ccc(O)c(C)c1C. The van der Waals surface area contributed by atoms with Crippen molar-refractivity contribution in [2.45, 2.75) is 61.8 Å².